The smallest absolute Gasteiger partial charge is 0.420 e. The molecule has 3 fully saturated rings. The van der Waals surface area contributed by atoms with Crippen LogP contribution in [0.15, 0.2) is 30.5 Å². The van der Waals surface area contributed by atoms with E-state index in [2.05, 4.69) is 9.97 Å². The minimum Gasteiger partial charge on any atom is -0.490 e. The maximum atomic E-state index is 17.7. The lowest BCUT2D eigenvalue weighted by Crippen LogP contribution is -2.43. The summed E-state index contributed by atoms with van der Waals surface area (Å²) < 4.78 is 113. The van der Waals surface area contributed by atoms with Crippen LogP contribution in [-0.2, 0) is 10.9 Å². The van der Waals surface area contributed by atoms with Crippen LogP contribution in [0.5, 0.6) is 11.8 Å². The van der Waals surface area contributed by atoms with Crippen LogP contribution in [0.25, 0.3) is 32.1 Å². The highest BCUT2D eigenvalue weighted by atomic mass is 32.1. The van der Waals surface area contributed by atoms with Crippen molar-refractivity contribution in [2.45, 2.75) is 68.9 Å². The molecule has 18 heteroatoms. The van der Waals surface area contributed by atoms with Crippen molar-refractivity contribution < 1.29 is 40.6 Å². The molecule has 0 radical (unpaired) electrons. The second-order valence-corrected chi connectivity index (χ2v) is 16.8. The summed E-state index contributed by atoms with van der Waals surface area (Å²) in [4.78, 5) is 17.3. The number of nitrogens with zero attached hydrogens (tertiary/aromatic N) is 6. The maximum absolute atomic E-state index is 17.7. The van der Waals surface area contributed by atoms with E-state index in [1.165, 1.54) is 0 Å². The number of hydrogen-bond acceptors (Lipinski definition) is 12. The molecule has 11 nitrogen and oxygen atoms in total. The lowest BCUT2D eigenvalue weighted by molar-refractivity contribution is -0.138. The third kappa shape index (κ3) is 6.80. The number of nitrogens with two attached hydrogens (primary N) is 2. The second-order valence-electron chi connectivity index (χ2n) is 15.7. The van der Waals surface area contributed by atoms with Gasteiger partial charge in [-0.15, -0.1) is 11.3 Å². The fourth-order valence-corrected chi connectivity index (χ4v) is 10.6. The van der Waals surface area contributed by atoms with E-state index in [0.717, 1.165) is 31.4 Å². The summed E-state index contributed by atoms with van der Waals surface area (Å²) in [6, 6.07) is 6.33. The lowest BCUT2D eigenvalue weighted by atomic mass is 9.89. The molecule has 5 aromatic rings. The van der Waals surface area contributed by atoms with Crippen LogP contribution in [0.1, 0.15) is 67.7 Å². The van der Waals surface area contributed by atoms with E-state index in [9.17, 15) is 9.65 Å². The van der Waals surface area contributed by atoms with Crippen molar-refractivity contribution in [3.05, 3.63) is 58.8 Å². The first-order valence-corrected chi connectivity index (χ1v) is 20.4. The third-order valence-electron chi connectivity index (χ3n) is 12.4. The summed E-state index contributed by atoms with van der Waals surface area (Å²) in [7, 11) is 0. The molecule has 0 bridgehead atoms. The van der Waals surface area contributed by atoms with Crippen LogP contribution in [0, 0.1) is 28.9 Å². The molecule has 4 N–H and O–H groups in total. The summed E-state index contributed by atoms with van der Waals surface area (Å²) in [6.45, 7) is 1.78. The van der Waals surface area contributed by atoms with Gasteiger partial charge in [0.2, 0.25) is 0 Å². The molecule has 0 aliphatic carbocycles. The molecular weight excluding hydrogens is 799 g/mol. The van der Waals surface area contributed by atoms with E-state index in [1.54, 1.807) is 23.2 Å². The predicted octanol–water partition coefficient (Wildman–Crippen LogP) is 8.34. The Morgan fingerprint density at radius 1 is 1.08 bits per heavy atom. The highest BCUT2D eigenvalue weighted by molar-refractivity contribution is 7.23. The van der Waals surface area contributed by atoms with Crippen LogP contribution >= 0.6 is 11.3 Å². The lowest BCUT2D eigenvalue weighted by Gasteiger charge is -2.34. The molecule has 3 aromatic heterocycles. The molecule has 0 spiro atoms. The van der Waals surface area contributed by atoms with Gasteiger partial charge in [0.25, 0.3) is 0 Å². The van der Waals surface area contributed by atoms with Gasteiger partial charge in [0, 0.05) is 48.9 Å². The maximum Gasteiger partial charge on any atom is 0.420 e. The van der Waals surface area contributed by atoms with Crippen molar-refractivity contribution in [1.29, 1.82) is 5.26 Å². The number of nitrogen functional groups attached to an aromatic ring is 2. The van der Waals surface area contributed by atoms with Gasteiger partial charge in [0.15, 0.2) is 5.82 Å². The van der Waals surface area contributed by atoms with E-state index >= 15 is 22.0 Å². The van der Waals surface area contributed by atoms with Gasteiger partial charge in [-0.2, -0.15) is 28.4 Å². The Bertz CT molecular complexity index is 2490. The average molecular weight is 839 g/mol. The number of fused-ring (bicyclic) bond motifs is 2. The van der Waals surface area contributed by atoms with Crippen molar-refractivity contribution in [3.63, 3.8) is 0 Å². The Morgan fingerprint density at radius 2 is 1.90 bits per heavy atom. The summed E-state index contributed by atoms with van der Waals surface area (Å²) in [6.07, 6.45) is -0.257. The van der Waals surface area contributed by atoms with Crippen LogP contribution in [-0.4, -0.2) is 77.6 Å². The highest BCUT2D eigenvalue weighted by Gasteiger charge is 2.50. The fourth-order valence-electron chi connectivity index (χ4n) is 9.63. The molecule has 7 heterocycles. The molecule has 4 aliphatic rings. The Hall–Kier alpha value is -5.12. The van der Waals surface area contributed by atoms with Crippen molar-refractivity contribution >= 4 is 49.0 Å². The average Bonchev–Trinajstić information content (AvgIpc) is 3.82. The molecule has 0 saturated carbocycles. The van der Waals surface area contributed by atoms with Crippen molar-refractivity contribution in [1.82, 2.24) is 19.9 Å². The van der Waals surface area contributed by atoms with Crippen LogP contribution in [0.2, 0.25) is 0 Å². The van der Waals surface area contributed by atoms with Gasteiger partial charge >= 0.3 is 12.2 Å². The van der Waals surface area contributed by atoms with Gasteiger partial charge in [-0.3, -0.25) is 4.90 Å². The van der Waals surface area contributed by atoms with Crippen molar-refractivity contribution in [3.8, 4) is 29.0 Å². The standard InChI is InChI=1S/C41H40F6N8O3S/c42-22-17-40(10-2-12-54(40)19-22)20-58-39-52-33-30-34(31(41(45,46)47)29(32(33)44)24-5-6-26(43)35-28(24)25(18-48)37(50)59-35)57-16-13-55(38(30)53-39)27(23-3-1-11-51-36(23)49)7-4-21-8-14-56-15-9-21/h1,3,5-6,11,21-22,27H,2,4,7-10,12-17,19-20,50H2,(H2,49,51)/t22-,27-,40+/m1/s1. The van der Waals surface area contributed by atoms with E-state index in [-0.39, 0.29) is 76.4 Å². The number of nitriles is 1. The minimum absolute atomic E-state index is 0.0110. The van der Waals surface area contributed by atoms with E-state index in [0.29, 0.717) is 61.8 Å². The number of aromatic nitrogens is 3. The Labute approximate surface area is 338 Å². The zero-order valence-electron chi connectivity index (χ0n) is 31.8. The topological polar surface area (TPSA) is 149 Å². The van der Waals surface area contributed by atoms with Gasteiger partial charge in [-0.25, -0.2) is 18.2 Å². The first-order valence-electron chi connectivity index (χ1n) is 19.6. The number of ether oxygens (including phenoxy) is 3. The normalized spacial score (nSPS) is 21.7. The number of rotatable bonds is 9. The van der Waals surface area contributed by atoms with Gasteiger partial charge in [-0.1, -0.05) is 12.1 Å². The predicted molar refractivity (Wildman–Crippen MR) is 210 cm³/mol. The molecule has 59 heavy (non-hydrogen) atoms. The fraction of sp³-hybridized carbons (Fsp3) is 0.463. The van der Waals surface area contributed by atoms with Crippen LogP contribution in [0.3, 0.4) is 0 Å². The summed E-state index contributed by atoms with van der Waals surface area (Å²) >= 11 is 0.674. The molecule has 0 amide bonds. The quantitative estimate of drug-likeness (QED) is 0.138. The summed E-state index contributed by atoms with van der Waals surface area (Å²) in [5, 5.41) is 9.27. The number of thiophene rings is 1. The number of halogens is 6. The van der Waals surface area contributed by atoms with Crippen LogP contribution in [0.4, 0.5) is 43.0 Å². The van der Waals surface area contributed by atoms with Gasteiger partial charge < -0.3 is 30.6 Å². The second kappa shape index (κ2) is 15.2. The number of anilines is 3. The van der Waals surface area contributed by atoms with Gasteiger partial charge in [-0.05, 0) is 68.7 Å². The first-order chi connectivity index (χ1) is 28.4. The molecule has 310 valence electrons. The van der Waals surface area contributed by atoms with Gasteiger partial charge in [0.05, 0.1) is 33.8 Å². The number of alkyl halides is 4. The first kappa shape index (κ1) is 39.3. The number of benzene rings is 2. The molecule has 4 aliphatic heterocycles. The van der Waals surface area contributed by atoms with Crippen molar-refractivity contribution in [2.75, 3.05) is 62.4 Å². The summed E-state index contributed by atoms with van der Waals surface area (Å²) in [5.74, 6) is -2.55. The van der Waals surface area contributed by atoms with Gasteiger partial charge in [0.1, 0.15) is 64.7 Å². The highest BCUT2D eigenvalue weighted by Crippen LogP contribution is 2.54. The van der Waals surface area contributed by atoms with E-state index in [4.69, 9.17) is 30.7 Å². The minimum atomic E-state index is -5.25. The van der Waals surface area contributed by atoms with E-state index in [1.807, 2.05) is 11.0 Å². The largest absolute Gasteiger partial charge is 0.490 e. The molecule has 3 saturated heterocycles. The Kier molecular flexibility index (Phi) is 10.1. The van der Waals surface area contributed by atoms with E-state index < -0.39 is 63.5 Å². The molecule has 2 aromatic carbocycles. The van der Waals surface area contributed by atoms with Crippen molar-refractivity contribution in [2.24, 2.45) is 5.92 Å². The summed E-state index contributed by atoms with van der Waals surface area (Å²) in [5.41, 5.74) is 8.76. The third-order valence-corrected chi connectivity index (χ3v) is 13.4. The Balaban J connectivity index is 1.29. The SMILES string of the molecule is N#Cc1c(N)sc2c(F)ccc(-c3c(C(F)(F)F)c4c5c(nc(OC[C@@]67CCCN6C[C@H](F)C7)nc5c3F)N([C@H](CCC3CCOCC3)c3cccnc3N)CCO4)c12. The number of hydrogen-bond donors (Lipinski definition) is 2. The zero-order valence-corrected chi connectivity index (χ0v) is 32.6. The van der Waals surface area contributed by atoms with Crippen LogP contribution < -0.4 is 25.8 Å². The molecular formula is C41H40F6N8O3S. The Morgan fingerprint density at radius 3 is 2.66 bits per heavy atom. The zero-order chi connectivity index (χ0) is 41.2. The molecule has 0 unspecified atom stereocenters. The monoisotopic (exact) mass is 838 g/mol. The molecule has 9 rings (SSSR count). The molecule has 3 atom stereocenters. The number of pyridine rings is 1.